The van der Waals surface area contributed by atoms with Gasteiger partial charge in [-0.1, -0.05) is 26.3 Å². The van der Waals surface area contributed by atoms with Crippen molar-refractivity contribution in [1.29, 1.82) is 0 Å². The summed E-state index contributed by atoms with van der Waals surface area (Å²) in [5.74, 6) is 0.212. The van der Waals surface area contributed by atoms with Gasteiger partial charge in [-0.25, -0.2) is 0 Å². The zero-order valence-corrected chi connectivity index (χ0v) is 10.2. The third kappa shape index (κ3) is 2.99. The highest BCUT2D eigenvalue weighted by Gasteiger charge is 2.17. The molecule has 0 aliphatic carbocycles. The van der Waals surface area contributed by atoms with Crippen LogP contribution >= 0.6 is 0 Å². The molecule has 0 radical (unpaired) electrons. The van der Waals surface area contributed by atoms with Gasteiger partial charge in [0.2, 0.25) is 5.91 Å². The normalized spacial score (nSPS) is 12.2. The molecule has 3 heteroatoms. The van der Waals surface area contributed by atoms with Gasteiger partial charge in [-0.05, 0) is 24.6 Å². The second-order valence-corrected chi connectivity index (χ2v) is 4.18. The van der Waals surface area contributed by atoms with E-state index in [0.717, 1.165) is 18.5 Å². The minimum absolute atomic E-state index is 0.0661. The first-order chi connectivity index (χ1) is 7.56. The Morgan fingerprint density at radius 2 is 2.19 bits per heavy atom. The van der Waals surface area contributed by atoms with Gasteiger partial charge >= 0.3 is 0 Å². The average molecular weight is 220 g/mol. The molecule has 16 heavy (non-hydrogen) atoms. The Hall–Kier alpha value is -1.51. The molecule has 3 nitrogen and oxygen atoms in total. The average Bonchev–Trinajstić information content (AvgIpc) is 2.27. The van der Waals surface area contributed by atoms with Crippen molar-refractivity contribution in [2.75, 3.05) is 17.7 Å². The van der Waals surface area contributed by atoms with Gasteiger partial charge in [-0.2, -0.15) is 0 Å². The molecule has 0 saturated heterocycles. The lowest BCUT2D eigenvalue weighted by Gasteiger charge is -2.21. The first-order valence-corrected chi connectivity index (χ1v) is 5.69. The highest BCUT2D eigenvalue weighted by molar-refractivity contribution is 5.94. The summed E-state index contributed by atoms with van der Waals surface area (Å²) in [7, 11) is 1.79. The molecular formula is C13H20N2O. The molecule has 1 amide bonds. The molecule has 0 aliphatic heterocycles. The smallest absolute Gasteiger partial charge is 0.229 e. The summed E-state index contributed by atoms with van der Waals surface area (Å²) in [5.41, 5.74) is 7.23. The second kappa shape index (κ2) is 5.54. The quantitative estimate of drug-likeness (QED) is 0.793. The highest BCUT2D eigenvalue weighted by atomic mass is 16.2. The van der Waals surface area contributed by atoms with Gasteiger partial charge in [-0.15, -0.1) is 0 Å². The monoisotopic (exact) mass is 220 g/mol. The molecule has 0 bridgehead atoms. The molecule has 0 spiro atoms. The molecule has 0 heterocycles. The fourth-order valence-corrected chi connectivity index (χ4v) is 1.75. The van der Waals surface area contributed by atoms with Gasteiger partial charge < -0.3 is 10.6 Å². The molecule has 0 saturated carbocycles. The van der Waals surface area contributed by atoms with Crippen LogP contribution in [0.3, 0.4) is 0 Å². The van der Waals surface area contributed by atoms with Gasteiger partial charge in [0.25, 0.3) is 0 Å². The van der Waals surface area contributed by atoms with Gasteiger partial charge in [-0.3, -0.25) is 4.79 Å². The summed E-state index contributed by atoms with van der Waals surface area (Å²) in [4.78, 5) is 13.7. The summed E-state index contributed by atoms with van der Waals surface area (Å²) in [5, 5.41) is 0. The van der Waals surface area contributed by atoms with Crippen LogP contribution in [0, 0.1) is 5.92 Å². The van der Waals surface area contributed by atoms with Crippen LogP contribution in [0.4, 0.5) is 11.4 Å². The van der Waals surface area contributed by atoms with Gasteiger partial charge in [0.15, 0.2) is 0 Å². The zero-order valence-electron chi connectivity index (χ0n) is 10.2. The molecule has 88 valence electrons. The maximum Gasteiger partial charge on any atom is 0.229 e. The van der Waals surface area contributed by atoms with Gasteiger partial charge in [0, 0.05) is 24.3 Å². The highest BCUT2D eigenvalue weighted by Crippen LogP contribution is 2.19. The zero-order chi connectivity index (χ0) is 12.1. The Bertz CT molecular complexity index is 363. The minimum atomic E-state index is 0.0661. The van der Waals surface area contributed by atoms with Crippen molar-refractivity contribution < 1.29 is 4.79 Å². The number of hydrogen-bond acceptors (Lipinski definition) is 2. The summed E-state index contributed by atoms with van der Waals surface area (Å²) in [6.45, 7) is 4.05. The van der Waals surface area contributed by atoms with E-state index in [4.69, 9.17) is 5.73 Å². The molecule has 1 rings (SSSR count). The van der Waals surface area contributed by atoms with E-state index in [1.807, 2.05) is 31.2 Å². The van der Waals surface area contributed by atoms with Gasteiger partial charge in [0.05, 0.1) is 0 Å². The van der Waals surface area contributed by atoms with Crippen LogP contribution in [-0.4, -0.2) is 13.0 Å². The Morgan fingerprint density at radius 3 is 2.75 bits per heavy atom. The van der Waals surface area contributed by atoms with Crippen molar-refractivity contribution in [3.63, 3.8) is 0 Å². The lowest BCUT2D eigenvalue weighted by atomic mass is 10.0. The van der Waals surface area contributed by atoms with Crippen LogP contribution in [0.25, 0.3) is 0 Å². The van der Waals surface area contributed by atoms with E-state index >= 15 is 0 Å². The predicted octanol–water partition coefficient (Wildman–Crippen LogP) is 2.67. The van der Waals surface area contributed by atoms with Crippen LogP contribution in [0.1, 0.15) is 26.7 Å². The van der Waals surface area contributed by atoms with E-state index in [0.29, 0.717) is 5.69 Å². The molecule has 1 atom stereocenters. The number of carbonyl (C=O) groups excluding carboxylic acids is 1. The number of nitrogens with two attached hydrogens (primary N) is 1. The minimum Gasteiger partial charge on any atom is -0.399 e. The van der Waals surface area contributed by atoms with Crippen LogP contribution < -0.4 is 10.6 Å². The molecule has 1 aromatic rings. The predicted molar refractivity (Wildman–Crippen MR) is 68.3 cm³/mol. The number of amides is 1. The Balaban J connectivity index is 2.77. The summed E-state index contributed by atoms with van der Waals surface area (Å²) >= 11 is 0. The van der Waals surface area contributed by atoms with Gasteiger partial charge in [0.1, 0.15) is 0 Å². The third-order valence-corrected chi connectivity index (χ3v) is 2.73. The fourth-order valence-electron chi connectivity index (χ4n) is 1.75. The molecule has 0 aromatic heterocycles. The second-order valence-electron chi connectivity index (χ2n) is 4.18. The Labute approximate surface area is 97.2 Å². The first kappa shape index (κ1) is 12.6. The number of carbonyl (C=O) groups is 1. The van der Waals surface area contributed by atoms with E-state index in [1.165, 1.54) is 0 Å². The molecule has 0 fully saturated rings. The van der Waals surface area contributed by atoms with Crippen LogP contribution in [0.5, 0.6) is 0 Å². The molecule has 1 unspecified atom stereocenters. The standard InChI is InChI=1S/C13H20N2O/c1-4-6-10(2)13(16)15(3)12-8-5-7-11(14)9-12/h5,7-10H,4,6,14H2,1-3H3. The number of benzene rings is 1. The first-order valence-electron chi connectivity index (χ1n) is 5.69. The largest absolute Gasteiger partial charge is 0.399 e. The van der Waals surface area contributed by atoms with Crippen molar-refractivity contribution in [1.82, 2.24) is 0 Å². The lowest BCUT2D eigenvalue weighted by molar-refractivity contribution is -0.121. The molecule has 0 aliphatic rings. The van der Waals surface area contributed by atoms with Crippen molar-refractivity contribution in [3.8, 4) is 0 Å². The Morgan fingerprint density at radius 1 is 1.50 bits per heavy atom. The number of nitrogens with zero attached hydrogens (tertiary/aromatic N) is 1. The van der Waals surface area contributed by atoms with E-state index in [2.05, 4.69) is 6.92 Å². The van der Waals surface area contributed by atoms with E-state index in [-0.39, 0.29) is 11.8 Å². The van der Waals surface area contributed by atoms with Crippen LogP contribution in [0.2, 0.25) is 0 Å². The van der Waals surface area contributed by atoms with Crippen molar-refractivity contribution in [2.24, 2.45) is 5.92 Å². The van der Waals surface area contributed by atoms with Crippen molar-refractivity contribution >= 4 is 17.3 Å². The molecular weight excluding hydrogens is 200 g/mol. The topological polar surface area (TPSA) is 46.3 Å². The summed E-state index contributed by atoms with van der Waals surface area (Å²) < 4.78 is 0. The van der Waals surface area contributed by atoms with E-state index in [9.17, 15) is 4.79 Å². The van der Waals surface area contributed by atoms with Crippen molar-refractivity contribution in [3.05, 3.63) is 24.3 Å². The maximum absolute atomic E-state index is 12.0. The fraction of sp³-hybridized carbons (Fsp3) is 0.462. The van der Waals surface area contributed by atoms with Crippen LogP contribution in [-0.2, 0) is 4.79 Å². The Kier molecular flexibility index (Phi) is 4.35. The maximum atomic E-state index is 12.0. The number of rotatable bonds is 4. The lowest BCUT2D eigenvalue weighted by Crippen LogP contribution is -2.31. The van der Waals surface area contributed by atoms with E-state index < -0.39 is 0 Å². The summed E-state index contributed by atoms with van der Waals surface area (Å²) in [6, 6.07) is 7.39. The SMILES string of the molecule is CCCC(C)C(=O)N(C)c1cccc(N)c1. The number of hydrogen-bond donors (Lipinski definition) is 1. The third-order valence-electron chi connectivity index (χ3n) is 2.73. The number of anilines is 2. The summed E-state index contributed by atoms with van der Waals surface area (Å²) in [6.07, 6.45) is 1.95. The molecule has 1 aromatic carbocycles. The molecule has 2 N–H and O–H groups in total. The van der Waals surface area contributed by atoms with E-state index in [1.54, 1.807) is 11.9 Å². The number of nitrogen functional groups attached to an aromatic ring is 1. The van der Waals surface area contributed by atoms with Crippen molar-refractivity contribution in [2.45, 2.75) is 26.7 Å². The van der Waals surface area contributed by atoms with Crippen LogP contribution in [0.15, 0.2) is 24.3 Å².